The molecule has 0 fully saturated rings. The van der Waals surface area contributed by atoms with Crippen molar-refractivity contribution in [1.29, 1.82) is 0 Å². The molecule has 0 aliphatic heterocycles. The monoisotopic (exact) mass is 263 g/mol. The fourth-order valence-electron chi connectivity index (χ4n) is 1.33. The maximum Gasteiger partial charge on any atom is 0.325 e. The van der Waals surface area contributed by atoms with Crippen LogP contribution in [-0.4, -0.2) is 65.8 Å². The summed E-state index contributed by atoms with van der Waals surface area (Å²) in [7, 11) is 3.03. The summed E-state index contributed by atoms with van der Waals surface area (Å²) >= 11 is 0. The Kier molecular flexibility index (Phi) is 12.3. The summed E-state index contributed by atoms with van der Waals surface area (Å²) < 4.78 is 20.2. The minimum atomic E-state index is -0.409. The van der Waals surface area contributed by atoms with E-state index in [1.807, 2.05) is 6.92 Å². The molecule has 0 aromatic carbocycles. The highest BCUT2D eigenvalue weighted by Crippen LogP contribution is 1.91. The number of hydrogen-bond donors (Lipinski definition) is 1. The van der Waals surface area contributed by atoms with Crippen molar-refractivity contribution in [2.45, 2.75) is 19.4 Å². The number of carbonyl (C=O) groups is 1. The van der Waals surface area contributed by atoms with Gasteiger partial charge in [0.05, 0.1) is 26.9 Å². The number of methoxy groups -OCH3 is 2. The SMILES string of the molecule is CCNC(COCCOCCCOC)C(=O)OC. The molecule has 0 bridgehead atoms. The maximum atomic E-state index is 11.3. The van der Waals surface area contributed by atoms with Gasteiger partial charge in [0.15, 0.2) is 0 Å². The molecule has 1 N–H and O–H groups in total. The lowest BCUT2D eigenvalue weighted by Gasteiger charge is -2.15. The molecule has 1 atom stereocenters. The van der Waals surface area contributed by atoms with Crippen LogP contribution in [0, 0.1) is 0 Å². The Morgan fingerprint density at radius 3 is 2.44 bits per heavy atom. The van der Waals surface area contributed by atoms with Gasteiger partial charge in [-0.15, -0.1) is 0 Å². The van der Waals surface area contributed by atoms with E-state index in [4.69, 9.17) is 14.2 Å². The summed E-state index contributed by atoms with van der Waals surface area (Å²) in [6.07, 6.45) is 0.874. The van der Waals surface area contributed by atoms with Gasteiger partial charge in [-0.1, -0.05) is 6.92 Å². The molecule has 0 aliphatic rings. The zero-order valence-corrected chi connectivity index (χ0v) is 11.6. The van der Waals surface area contributed by atoms with Crippen LogP contribution in [0.3, 0.4) is 0 Å². The summed E-state index contributed by atoms with van der Waals surface area (Å²) in [5.74, 6) is -0.308. The van der Waals surface area contributed by atoms with Gasteiger partial charge in [-0.25, -0.2) is 0 Å². The molecule has 6 nitrogen and oxygen atoms in total. The van der Waals surface area contributed by atoms with Crippen molar-refractivity contribution in [3.05, 3.63) is 0 Å². The highest BCUT2D eigenvalue weighted by atomic mass is 16.5. The topological polar surface area (TPSA) is 66.0 Å². The van der Waals surface area contributed by atoms with E-state index in [1.165, 1.54) is 7.11 Å². The van der Waals surface area contributed by atoms with E-state index in [0.717, 1.165) is 6.42 Å². The van der Waals surface area contributed by atoms with Crippen molar-refractivity contribution in [2.75, 3.05) is 53.8 Å². The molecule has 0 rings (SSSR count). The number of nitrogens with one attached hydrogen (secondary N) is 1. The molecule has 0 saturated carbocycles. The second kappa shape index (κ2) is 12.8. The number of ether oxygens (including phenoxy) is 4. The molecule has 0 heterocycles. The zero-order valence-electron chi connectivity index (χ0n) is 11.6. The van der Waals surface area contributed by atoms with Gasteiger partial charge in [-0.05, 0) is 13.0 Å². The normalized spacial score (nSPS) is 12.4. The molecule has 0 radical (unpaired) electrons. The van der Waals surface area contributed by atoms with Crippen LogP contribution in [0.15, 0.2) is 0 Å². The minimum absolute atomic E-state index is 0.294. The van der Waals surface area contributed by atoms with E-state index in [0.29, 0.717) is 39.6 Å². The lowest BCUT2D eigenvalue weighted by atomic mass is 10.3. The highest BCUT2D eigenvalue weighted by molar-refractivity contribution is 5.75. The summed E-state index contributed by atoms with van der Waals surface area (Å²) in [6, 6.07) is -0.409. The van der Waals surface area contributed by atoms with Gasteiger partial charge in [0, 0.05) is 20.3 Å². The number of carbonyl (C=O) groups excluding carboxylic acids is 1. The van der Waals surface area contributed by atoms with Crippen molar-refractivity contribution < 1.29 is 23.7 Å². The van der Waals surface area contributed by atoms with Gasteiger partial charge in [0.1, 0.15) is 6.04 Å². The molecule has 0 saturated heterocycles. The summed E-state index contributed by atoms with van der Waals surface area (Å²) in [5, 5.41) is 3.00. The van der Waals surface area contributed by atoms with Crippen molar-refractivity contribution in [3.63, 3.8) is 0 Å². The van der Waals surface area contributed by atoms with Crippen molar-refractivity contribution in [1.82, 2.24) is 5.32 Å². The molecule has 108 valence electrons. The van der Waals surface area contributed by atoms with Gasteiger partial charge < -0.3 is 24.3 Å². The van der Waals surface area contributed by atoms with Crippen LogP contribution in [-0.2, 0) is 23.7 Å². The van der Waals surface area contributed by atoms with Crippen LogP contribution in [0.5, 0.6) is 0 Å². The number of rotatable bonds is 12. The Hall–Kier alpha value is -0.690. The van der Waals surface area contributed by atoms with Crippen molar-refractivity contribution in [3.8, 4) is 0 Å². The van der Waals surface area contributed by atoms with Gasteiger partial charge in [0.25, 0.3) is 0 Å². The Bertz CT molecular complexity index is 201. The van der Waals surface area contributed by atoms with Gasteiger partial charge >= 0.3 is 5.97 Å². The first kappa shape index (κ1) is 17.3. The fourth-order valence-corrected chi connectivity index (χ4v) is 1.33. The van der Waals surface area contributed by atoms with Gasteiger partial charge in [-0.3, -0.25) is 4.79 Å². The number of esters is 1. The average molecular weight is 263 g/mol. The zero-order chi connectivity index (χ0) is 13.6. The molecule has 0 aromatic rings. The fraction of sp³-hybridized carbons (Fsp3) is 0.917. The Labute approximate surface area is 109 Å². The predicted octanol–water partition coefficient (Wildman–Crippen LogP) is 0.207. The third kappa shape index (κ3) is 9.35. The smallest absolute Gasteiger partial charge is 0.325 e. The van der Waals surface area contributed by atoms with Crippen molar-refractivity contribution in [2.24, 2.45) is 0 Å². The predicted molar refractivity (Wildman–Crippen MR) is 67.6 cm³/mol. The molecule has 0 aromatic heterocycles. The van der Waals surface area contributed by atoms with Crippen LogP contribution in [0.2, 0.25) is 0 Å². The first-order valence-corrected chi connectivity index (χ1v) is 6.21. The van der Waals surface area contributed by atoms with E-state index >= 15 is 0 Å². The van der Waals surface area contributed by atoms with E-state index in [1.54, 1.807) is 7.11 Å². The molecule has 1 unspecified atom stereocenters. The van der Waals surface area contributed by atoms with Crippen LogP contribution in [0.1, 0.15) is 13.3 Å². The minimum Gasteiger partial charge on any atom is -0.468 e. The second-order valence-corrected chi connectivity index (χ2v) is 3.67. The van der Waals surface area contributed by atoms with Crippen LogP contribution in [0.25, 0.3) is 0 Å². The van der Waals surface area contributed by atoms with Crippen LogP contribution >= 0.6 is 0 Å². The van der Waals surface area contributed by atoms with E-state index in [-0.39, 0.29) is 5.97 Å². The Balaban J connectivity index is 3.46. The molecule has 0 spiro atoms. The van der Waals surface area contributed by atoms with E-state index in [2.05, 4.69) is 10.1 Å². The molecular formula is C12H25NO5. The van der Waals surface area contributed by atoms with Crippen molar-refractivity contribution >= 4 is 5.97 Å². The summed E-state index contributed by atoms with van der Waals surface area (Å²) in [4.78, 5) is 11.3. The third-order valence-corrected chi connectivity index (χ3v) is 2.23. The molecule has 18 heavy (non-hydrogen) atoms. The Morgan fingerprint density at radius 1 is 1.11 bits per heavy atom. The second-order valence-electron chi connectivity index (χ2n) is 3.67. The largest absolute Gasteiger partial charge is 0.468 e. The Morgan fingerprint density at radius 2 is 1.83 bits per heavy atom. The quantitative estimate of drug-likeness (QED) is 0.401. The highest BCUT2D eigenvalue weighted by Gasteiger charge is 2.17. The number of hydrogen-bond acceptors (Lipinski definition) is 6. The molecule has 0 amide bonds. The van der Waals surface area contributed by atoms with Crippen LogP contribution < -0.4 is 5.32 Å². The average Bonchev–Trinajstić information content (AvgIpc) is 2.39. The first-order valence-electron chi connectivity index (χ1n) is 6.21. The summed E-state index contributed by atoms with van der Waals surface area (Å²) in [5.41, 5.74) is 0. The first-order chi connectivity index (χ1) is 8.76. The van der Waals surface area contributed by atoms with E-state index < -0.39 is 6.04 Å². The molecule has 6 heteroatoms. The van der Waals surface area contributed by atoms with Crippen LogP contribution in [0.4, 0.5) is 0 Å². The third-order valence-electron chi connectivity index (χ3n) is 2.23. The molecular weight excluding hydrogens is 238 g/mol. The lowest BCUT2D eigenvalue weighted by molar-refractivity contribution is -0.145. The summed E-state index contributed by atoms with van der Waals surface area (Å²) in [6.45, 7) is 5.25. The van der Waals surface area contributed by atoms with Gasteiger partial charge in [-0.2, -0.15) is 0 Å². The maximum absolute atomic E-state index is 11.3. The number of likely N-dealkylation sites (N-methyl/N-ethyl adjacent to an activating group) is 1. The van der Waals surface area contributed by atoms with Gasteiger partial charge in [0.2, 0.25) is 0 Å². The lowest BCUT2D eigenvalue weighted by Crippen LogP contribution is -2.41. The van der Waals surface area contributed by atoms with E-state index in [9.17, 15) is 4.79 Å². The molecule has 0 aliphatic carbocycles. The standard InChI is InChI=1S/C12H25NO5/c1-4-13-11(12(14)16-3)10-18-9-8-17-7-5-6-15-2/h11,13H,4-10H2,1-3H3.